The number of nitrogens with one attached hydrogen (secondary N) is 1. The Labute approximate surface area is 180 Å². The minimum Gasteiger partial charge on any atom is -0.454 e. The molecule has 0 fully saturated rings. The van der Waals surface area contributed by atoms with Gasteiger partial charge in [0, 0.05) is 17.7 Å². The average molecular weight is 419 g/mol. The molecule has 0 saturated heterocycles. The lowest BCUT2D eigenvalue weighted by molar-refractivity contribution is -0.116. The number of aromatic nitrogens is 2. The van der Waals surface area contributed by atoms with Crippen LogP contribution in [0.25, 0.3) is 11.0 Å². The number of Topliss-reactive ketones (excluding diaryl/α,β-unsaturated/α-hetero) is 1. The summed E-state index contributed by atoms with van der Waals surface area (Å²) >= 11 is 0. The predicted octanol–water partition coefficient (Wildman–Crippen LogP) is 4.27. The Morgan fingerprint density at radius 1 is 0.903 bits per heavy atom. The summed E-state index contributed by atoms with van der Waals surface area (Å²) in [4.78, 5) is 45.4. The van der Waals surface area contributed by atoms with Crippen LogP contribution in [0.5, 0.6) is 0 Å². The van der Waals surface area contributed by atoms with Crippen molar-refractivity contribution in [1.82, 2.24) is 9.97 Å². The molecule has 7 heteroatoms. The molecule has 0 bridgehead atoms. The van der Waals surface area contributed by atoms with Crippen molar-refractivity contribution in [1.29, 1.82) is 0 Å². The van der Waals surface area contributed by atoms with E-state index in [-0.39, 0.29) is 24.2 Å². The zero-order valence-corrected chi connectivity index (χ0v) is 18.1. The number of nitrogens with zero attached hydrogens (tertiary/aromatic N) is 2. The number of aryl methyl sites for hydroxylation is 2. The van der Waals surface area contributed by atoms with Gasteiger partial charge in [-0.05, 0) is 62.2 Å². The smallest absolute Gasteiger partial charge is 0.338 e. The van der Waals surface area contributed by atoms with Gasteiger partial charge >= 0.3 is 5.97 Å². The quantitative estimate of drug-likeness (QED) is 0.454. The van der Waals surface area contributed by atoms with E-state index in [1.54, 1.807) is 42.5 Å². The number of benzene rings is 2. The maximum Gasteiger partial charge on any atom is 0.338 e. The number of carbonyl (C=O) groups is 3. The highest BCUT2D eigenvalue weighted by Gasteiger charge is 2.14. The Balaban J connectivity index is 1.60. The van der Waals surface area contributed by atoms with Crippen molar-refractivity contribution in [2.75, 3.05) is 11.9 Å². The van der Waals surface area contributed by atoms with Crippen LogP contribution in [0.4, 0.5) is 5.69 Å². The molecule has 0 unspecified atom stereocenters. The van der Waals surface area contributed by atoms with Crippen LogP contribution >= 0.6 is 0 Å². The second-order valence-corrected chi connectivity index (χ2v) is 7.82. The summed E-state index contributed by atoms with van der Waals surface area (Å²) in [5.41, 5.74) is 4.22. The molecule has 0 atom stereocenters. The monoisotopic (exact) mass is 419 g/mol. The highest BCUT2D eigenvalue weighted by atomic mass is 16.5. The molecule has 0 aliphatic heterocycles. The molecule has 0 aliphatic rings. The average Bonchev–Trinajstić information content (AvgIpc) is 2.72. The lowest BCUT2D eigenvalue weighted by atomic mass is 10.1. The zero-order chi connectivity index (χ0) is 22.5. The van der Waals surface area contributed by atoms with E-state index in [2.05, 4.69) is 15.3 Å². The first-order chi connectivity index (χ1) is 14.7. The Hall–Kier alpha value is -3.61. The lowest BCUT2D eigenvalue weighted by Crippen LogP contribution is -2.15. The zero-order valence-electron chi connectivity index (χ0n) is 18.1. The second kappa shape index (κ2) is 9.47. The van der Waals surface area contributed by atoms with Gasteiger partial charge in [-0.25, -0.2) is 14.8 Å². The molecule has 0 aliphatic carbocycles. The predicted molar refractivity (Wildman–Crippen MR) is 118 cm³/mol. The molecule has 3 rings (SSSR count). The van der Waals surface area contributed by atoms with Gasteiger partial charge in [-0.1, -0.05) is 13.8 Å². The number of hydrogen-bond acceptors (Lipinski definition) is 6. The number of ketones is 1. The van der Waals surface area contributed by atoms with Gasteiger partial charge in [0.15, 0.2) is 12.4 Å². The van der Waals surface area contributed by atoms with Gasteiger partial charge in [-0.3, -0.25) is 9.59 Å². The van der Waals surface area contributed by atoms with Crippen LogP contribution in [0.15, 0.2) is 42.5 Å². The van der Waals surface area contributed by atoms with Gasteiger partial charge in [0.05, 0.1) is 28.0 Å². The van der Waals surface area contributed by atoms with E-state index < -0.39 is 5.97 Å². The topological polar surface area (TPSA) is 98.2 Å². The third kappa shape index (κ3) is 5.72. The molecule has 1 aromatic heterocycles. The summed E-state index contributed by atoms with van der Waals surface area (Å²) < 4.78 is 5.18. The third-order valence-electron chi connectivity index (χ3n) is 4.73. The Bertz CT molecular complexity index is 1140. The van der Waals surface area contributed by atoms with E-state index in [9.17, 15) is 14.4 Å². The van der Waals surface area contributed by atoms with Gasteiger partial charge in [0.25, 0.3) is 0 Å². The molecule has 0 spiro atoms. The minimum atomic E-state index is -0.604. The standard InChI is InChI=1S/C24H25N3O4/c1-14(2)11-23(29)27-19-8-5-17(6-9-19)22(28)13-31-24(30)18-7-10-20-21(12-18)26-16(4)15(3)25-20/h5-10,12,14H,11,13H2,1-4H3,(H,27,29). The number of carbonyl (C=O) groups excluding carboxylic acids is 3. The van der Waals surface area contributed by atoms with Crippen molar-refractivity contribution < 1.29 is 19.1 Å². The summed E-state index contributed by atoms with van der Waals surface area (Å²) in [6.07, 6.45) is 0.427. The van der Waals surface area contributed by atoms with Crippen LogP contribution in [-0.2, 0) is 9.53 Å². The molecule has 1 heterocycles. The number of fused-ring (bicyclic) bond motifs is 1. The molecule has 0 saturated carbocycles. The summed E-state index contributed by atoms with van der Waals surface area (Å²) in [7, 11) is 0. The summed E-state index contributed by atoms with van der Waals surface area (Å²) in [6, 6.07) is 11.4. The Morgan fingerprint density at radius 3 is 2.16 bits per heavy atom. The fourth-order valence-electron chi connectivity index (χ4n) is 2.98. The van der Waals surface area contributed by atoms with Gasteiger partial charge in [-0.2, -0.15) is 0 Å². The molecular formula is C24H25N3O4. The maximum atomic E-state index is 12.4. The highest BCUT2D eigenvalue weighted by Crippen LogP contribution is 2.16. The van der Waals surface area contributed by atoms with Crippen LogP contribution in [0, 0.1) is 19.8 Å². The fourth-order valence-corrected chi connectivity index (χ4v) is 2.98. The highest BCUT2D eigenvalue weighted by molar-refractivity contribution is 6.00. The minimum absolute atomic E-state index is 0.0755. The molecule has 160 valence electrons. The Kier molecular flexibility index (Phi) is 6.74. The normalized spacial score (nSPS) is 10.9. The van der Waals surface area contributed by atoms with Crippen molar-refractivity contribution in [3.8, 4) is 0 Å². The van der Waals surface area contributed by atoms with Crippen LogP contribution in [0.3, 0.4) is 0 Å². The largest absolute Gasteiger partial charge is 0.454 e. The van der Waals surface area contributed by atoms with Crippen molar-refractivity contribution in [2.45, 2.75) is 34.1 Å². The van der Waals surface area contributed by atoms with E-state index in [0.717, 1.165) is 11.4 Å². The van der Waals surface area contributed by atoms with E-state index in [4.69, 9.17) is 4.74 Å². The fraction of sp³-hybridized carbons (Fsp3) is 0.292. The summed E-state index contributed by atoms with van der Waals surface area (Å²) in [6.45, 7) is 7.29. The molecule has 3 aromatic rings. The van der Waals surface area contributed by atoms with E-state index in [0.29, 0.717) is 34.3 Å². The number of anilines is 1. The van der Waals surface area contributed by atoms with E-state index in [1.807, 2.05) is 27.7 Å². The molecule has 31 heavy (non-hydrogen) atoms. The lowest BCUT2D eigenvalue weighted by Gasteiger charge is -2.08. The van der Waals surface area contributed by atoms with Crippen LogP contribution in [-0.4, -0.2) is 34.2 Å². The summed E-state index contributed by atoms with van der Waals surface area (Å²) in [5.74, 6) is -0.750. The van der Waals surface area contributed by atoms with Crippen LogP contribution in [0.2, 0.25) is 0 Å². The first-order valence-corrected chi connectivity index (χ1v) is 10.1. The van der Waals surface area contributed by atoms with Gasteiger partial charge in [0.2, 0.25) is 5.91 Å². The first-order valence-electron chi connectivity index (χ1n) is 10.1. The van der Waals surface area contributed by atoms with Crippen molar-refractivity contribution >= 4 is 34.4 Å². The van der Waals surface area contributed by atoms with Crippen LogP contribution in [0.1, 0.15) is 52.4 Å². The summed E-state index contributed by atoms with van der Waals surface area (Å²) in [5, 5.41) is 2.79. The maximum absolute atomic E-state index is 12.4. The second-order valence-electron chi connectivity index (χ2n) is 7.82. The number of esters is 1. The van der Waals surface area contributed by atoms with Gasteiger partial charge in [0.1, 0.15) is 0 Å². The van der Waals surface area contributed by atoms with E-state index >= 15 is 0 Å². The van der Waals surface area contributed by atoms with Gasteiger partial charge in [-0.15, -0.1) is 0 Å². The van der Waals surface area contributed by atoms with Crippen LogP contribution < -0.4 is 5.32 Å². The van der Waals surface area contributed by atoms with Gasteiger partial charge < -0.3 is 10.1 Å². The molecule has 1 N–H and O–H groups in total. The SMILES string of the molecule is Cc1nc2ccc(C(=O)OCC(=O)c3ccc(NC(=O)CC(C)C)cc3)cc2nc1C. The van der Waals surface area contributed by atoms with Crippen molar-refractivity contribution in [3.63, 3.8) is 0 Å². The third-order valence-corrected chi connectivity index (χ3v) is 4.73. The molecule has 1 amide bonds. The van der Waals surface area contributed by atoms with Crippen molar-refractivity contribution in [2.24, 2.45) is 5.92 Å². The number of rotatable bonds is 7. The molecular weight excluding hydrogens is 394 g/mol. The number of ether oxygens (including phenoxy) is 1. The molecule has 7 nitrogen and oxygen atoms in total. The Morgan fingerprint density at radius 2 is 1.52 bits per heavy atom. The number of amides is 1. The first kappa shape index (κ1) is 22.1. The molecule has 2 aromatic carbocycles. The molecule has 0 radical (unpaired) electrons. The van der Waals surface area contributed by atoms with Crippen molar-refractivity contribution in [3.05, 3.63) is 65.0 Å². The van der Waals surface area contributed by atoms with E-state index in [1.165, 1.54) is 0 Å². The number of hydrogen-bond donors (Lipinski definition) is 1.